The molecule has 31 heavy (non-hydrogen) atoms. The van der Waals surface area contributed by atoms with Crippen LogP contribution >= 0.6 is 0 Å². The van der Waals surface area contributed by atoms with Gasteiger partial charge in [0, 0.05) is 24.8 Å². The van der Waals surface area contributed by atoms with E-state index in [-0.39, 0.29) is 5.91 Å². The predicted octanol–water partition coefficient (Wildman–Crippen LogP) is 3.60. The van der Waals surface area contributed by atoms with Gasteiger partial charge in [-0.2, -0.15) is 5.10 Å². The third kappa shape index (κ3) is 5.45. The summed E-state index contributed by atoms with van der Waals surface area (Å²) in [7, 11) is 0. The second-order valence-electron chi connectivity index (χ2n) is 6.80. The summed E-state index contributed by atoms with van der Waals surface area (Å²) in [6.07, 6.45) is 1.84. The van der Waals surface area contributed by atoms with E-state index in [0.29, 0.717) is 36.0 Å². The third-order valence-corrected chi connectivity index (χ3v) is 4.42. The van der Waals surface area contributed by atoms with Crippen LogP contribution in [0.15, 0.2) is 79.0 Å². The van der Waals surface area contributed by atoms with Crippen LogP contribution in [0, 0.1) is 6.92 Å². The van der Waals surface area contributed by atoms with Gasteiger partial charge in [-0.25, -0.2) is 4.68 Å². The van der Waals surface area contributed by atoms with E-state index in [9.17, 15) is 4.79 Å². The van der Waals surface area contributed by atoms with E-state index in [1.54, 1.807) is 28.9 Å². The van der Waals surface area contributed by atoms with E-state index in [0.717, 1.165) is 11.4 Å². The smallest absolute Gasteiger partial charge is 0.251 e. The van der Waals surface area contributed by atoms with Crippen molar-refractivity contribution in [1.82, 2.24) is 25.3 Å². The number of aromatic nitrogens is 4. The Morgan fingerprint density at radius 3 is 2.35 bits per heavy atom. The molecule has 0 saturated carbocycles. The summed E-state index contributed by atoms with van der Waals surface area (Å²) in [4.78, 5) is 12.3. The lowest BCUT2D eigenvalue weighted by molar-refractivity contribution is 0.0955. The summed E-state index contributed by atoms with van der Waals surface area (Å²) < 4.78 is 7.41. The number of carbonyl (C=O) groups is 1. The SMILES string of the molecule is Cc1ccn(-c2ccc(NCCNC(=O)c3ccc(Oc4ccccc4)cc3)nn2)n1. The molecule has 156 valence electrons. The van der Waals surface area contributed by atoms with Gasteiger partial charge in [0.05, 0.1) is 5.69 Å². The number of amides is 1. The largest absolute Gasteiger partial charge is 0.457 e. The van der Waals surface area contributed by atoms with Crippen LogP contribution < -0.4 is 15.4 Å². The Hall–Kier alpha value is -4.20. The molecule has 0 radical (unpaired) electrons. The number of nitrogens with zero attached hydrogens (tertiary/aromatic N) is 4. The zero-order valence-electron chi connectivity index (χ0n) is 17.0. The minimum absolute atomic E-state index is 0.149. The number of aryl methyl sites for hydroxylation is 1. The number of carbonyl (C=O) groups excluding carboxylic acids is 1. The molecule has 0 atom stereocenters. The van der Waals surface area contributed by atoms with Crippen LogP contribution in [-0.4, -0.2) is 39.0 Å². The van der Waals surface area contributed by atoms with Crippen LogP contribution in [0.25, 0.3) is 5.82 Å². The van der Waals surface area contributed by atoms with Crippen molar-refractivity contribution >= 4 is 11.7 Å². The lowest BCUT2D eigenvalue weighted by Gasteiger charge is -2.09. The van der Waals surface area contributed by atoms with E-state index < -0.39 is 0 Å². The summed E-state index contributed by atoms with van der Waals surface area (Å²) in [5.74, 6) is 2.55. The Labute approximate surface area is 179 Å². The van der Waals surface area contributed by atoms with Gasteiger partial charge in [-0.3, -0.25) is 4.79 Å². The molecule has 2 aromatic carbocycles. The zero-order valence-corrected chi connectivity index (χ0v) is 17.0. The van der Waals surface area contributed by atoms with Crippen LogP contribution in [0.4, 0.5) is 5.82 Å². The standard InChI is InChI=1S/C23H22N6O2/c1-17-13-16-29(28-17)22-12-11-21(26-27-22)24-14-15-25-23(30)18-7-9-20(10-8-18)31-19-5-3-2-4-6-19/h2-13,16H,14-15H2,1H3,(H,24,26)(H,25,30). The highest BCUT2D eigenvalue weighted by atomic mass is 16.5. The minimum atomic E-state index is -0.149. The van der Waals surface area contributed by atoms with Gasteiger partial charge in [0.25, 0.3) is 5.91 Å². The average molecular weight is 414 g/mol. The Morgan fingerprint density at radius 1 is 0.903 bits per heavy atom. The summed E-state index contributed by atoms with van der Waals surface area (Å²) >= 11 is 0. The minimum Gasteiger partial charge on any atom is -0.457 e. The number of para-hydroxylation sites is 1. The number of ether oxygens (including phenoxy) is 1. The molecule has 8 nitrogen and oxygen atoms in total. The van der Waals surface area contributed by atoms with Crippen LogP contribution in [0.3, 0.4) is 0 Å². The molecular formula is C23H22N6O2. The molecule has 2 aromatic heterocycles. The number of nitrogens with one attached hydrogen (secondary N) is 2. The summed E-state index contributed by atoms with van der Waals surface area (Å²) in [5, 5.41) is 18.6. The molecule has 0 spiro atoms. The van der Waals surface area contributed by atoms with Crippen LogP contribution in [0.2, 0.25) is 0 Å². The van der Waals surface area contributed by atoms with Crippen molar-refractivity contribution in [2.75, 3.05) is 18.4 Å². The Bertz CT molecular complexity index is 1120. The maximum atomic E-state index is 12.3. The van der Waals surface area contributed by atoms with Gasteiger partial charge in [-0.05, 0) is 61.5 Å². The zero-order chi connectivity index (χ0) is 21.5. The maximum absolute atomic E-state index is 12.3. The molecular weight excluding hydrogens is 392 g/mol. The fourth-order valence-corrected chi connectivity index (χ4v) is 2.85. The highest BCUT2D eigenvalue weighted by Crippen LogP contribution is 2.21. The Kier molecular flexibility index (Phi) is 6.18. The van der Waals surface area contributed by atoms with E-state index in [1.165, 1.54) is 0 Å². The van der Waals surface area contributed by atoms with Gasteiger partial charge < -0.3 is 15.4 Å². The van der Waals surface area contributed by atoms with E-state index in [2.05, 4.69) is 25.9 Å². The molecule has 0 saturated heterocycles. The molecule has 0 aliphatic rings. The first-order valence-electron chi connectivity index (χ1n) is 9.89. The molecule has 2 heterocycles. The maximum Gasteiger partial charge on any atom is 0.251 e. The molecule has 0 aliphatic heterocycles. The first kappa shape index (κ1) is 20.1. The van der Waals surface area contributed by atoms with Crippen molar-refractivity contribution in [1.29, 1.82) is 0 Å². The number of benzene rings is 2. The third-order valence-electron chi connectivity index (χ3n) is 4.42. The van der Waals surface area contributed by atoms with Crippen molar-refractivity contribution in [3.8, 4) is 17.3 Å². The molecule has 0 aliphatic carbocycles. The highest BCUT2D eigenvalue weighted by Gasteiger charge is 2.06. The van der Waals surface area contributed by atoms with Crippen molar-refractivity contribution < 1.29 is 9.53 Å². The molecule has 0 fully saturated rings. The number of anilines is 1. The molecule has 1 amide bonds. The first-order valence-corrected chi connectivity index (χ1v) is 9.89. The molecule has 4 rings (SSSR count). The van der Waals surface area contributed by atoms with Crippen molar-refractivity contribution in [3.63, 3.8) is 0 Å². The van der Waals surface area contributed by atoms with Gasteiger partial charge >= 0.3 is 0 Å². The van der Waals surface area contributed by atoms with Crippen LogP contribution in [0.5, 0.6) is 11.5 Å². The van der Waals surface area contributed by atoms with Crippen LogP contribution in [-0.2, 0) is 0 Å². The summed E-state index contributed by atoms with van der Waals surface area (Å²) in [5.41, 5.74) is 1.48. The average Bonchev–Trinajstić information content (AvgIpc) is 3.24. The molecule has 4 aromatic rings. The molecule has 2 N–H and O–H groups in total. The molecule has 8 heteroatoms. The number of hydrogen-bond acceptors (Lipinski definition) is 6. The lowest BCUT2D eigenvalue weighted by Crippen LogP contribution is -2.28. The normalized spacial score (nSPS) is 10.5. The summed E-state index contributed by atoms with van der Waals surface area (Å²) in [6.45, 7) is 2.89. The van der Waals surface area contributed by atoms with E-state index in [4.69, 9.17) is 4.74 Å². The van der Waals surface area contributed by atoms with Gasteiger partial charge in [-0.15, -0.1) is 10.2 Å². The highest BCUT2D eigenvalue weighted by molar-refractivity contribution is 5.94. The second-order valence-corrected chi connectivity index (χ2v) is 6.80. The topological polar surface area (TPSA) is 94.0 Å². The van der Waals surface area contributed by atoms with Gasteiger partial charge in [0.2, 0.25) is 0 Å². The van der Waals surface area contributed by atoms with E-state index >= 15 is 0 Å². The quantitative estimate of drug-likeness (QED) is 0.428. The number of rotatable bonds is 8. The Morgan fingerprint density at radius 2 is 1.68 bits per heavy atom. The van der Waals surface area contributed by atoms with Gasteiger partial charge in [0.15, 0.2) is 5.82 Å². The fourth-order valence-electron chi connectivity index (χ4n) is 2.85. The fraction of sp³-hybridized carbons (Fsp3) is 0.130. The lowest BCUT2D eigenvalue weighted by atomic mass is 10.2. The van der Waals surface area contributed by atoms with Crippen molar-refractivity contribution in [3.05, 3.63) is 90.3 Å². The monoisotopic (exact) mass is 414 g/mol. The van der Waals surface area contributed by atoms with Gasteiger partial charge in [0.1, 0.15) is 17.3 Å². The summed E-state index contributed by atoms with van der Waals surface area (Å²) in [6, 6.07) is 22.1. The number of hydrogen-bond donors (Lipinski definition) is 2. The van der Waals surface area contributed by atoms with Gasteiger partial charge in [-0.1, -0.05) is 18.2 Å². The second kappa shape index (κ2) is 9.53. The molecule has 0 unspecified atom stereocenters. The molecule has 0 bridgehead atoms. The van der Waals surface area contributed by atoms with Crippen LogP contribution in [0.1, 0.15) is 16.1 Å². The predicted molar refractivity (Wildman–Crippen MR) is 118 cm³/mol. The Balaban J connectivity index is 1.22. The first-order chi connectivity index (χ1) is 15.2. The van der Waals surface area contributed by atoms with Crippen molar-refractivity contribution in [2.24, 2.45) is 0 Å². The van der Waals surface area contributed by atoms with Crippen molar-refractivity contribution in [2.45, 2.75) is 6.92 Å². The van der Waals surface area contributed by atoms with E-state index in [1.807, 2.05) is 61.7 Å².